The third kappa shape index (κ3) is 4.59. The molecule has 0 aromatic rings. The maximum atomic E-state index is 11.5. The predicted octanol–water partition coefficient (Wildman–Crippen LogP) is -0.372. The minimum atomic E-state index is -5.76. The van der Waals surface area contributed by atoms with E-state index >= 15 is 0 Å². The normalized spacial score (nSPS) is 15.4. The number of rotatable bonds is 3. The van der Waals surface area contributed by atoms with Crippen LogP contribution in [0.5, 0.6) is 0 Å². The monoisotopic (exact) mass is 224 g/mol. The Hall–Kier alpha value is -0.940. The molecule has 0 fully saturated rings. The maximum absolute atomic E-state index is 11.5. The predicted molar refractivity (Wildman–Crippen MR) is 27.6 cm³/mol. The molecule has 1 atom stereocenters. The summed E-state index contributed by atoms with van der Waals surface area (Å²) < 4.78 is 66.1. The second kappa shape index (κ2) is 3.43. The van der Waals surface area contributed by atoms with Crippen LogP contribution in [0.1, 0.15) is 0 Å². The molecule has 0 N–H and O–H groups in total. The van der Waals surface area contributed by atoms with E-state index < -0.39 is 27.7 Å². The summed E-state index contributed by atoms with van der Waals surface area (Å²) in [5.74, 6) is 0. The Morgan fingerprint density at radius 1 is 1.38 bits per heavy atom. The fourth-order valence-corrected chi connectivity index (χ4v) is 0.723. The first kappa shape index (κ1) is 12.1. The molecule has 0 spiro atoms. The molecule has 0 bridgehead atoms. The van der Waals surface area contributed by atoms with Crippen molar-refractivity contribution in [1.82, 2.24) is 0 Å². The second-order valence-corrected chi connectivity index (χ2v) is 2.69. The highest BCUT2D eigenvalue weighted by Crippen LogP contribution is 2.24. The number of halogens is 3. The van der Waals surface area contributed by atoms with E-state index in [0.717, 1.165) is 0 Å². The number of hydrogen-bond acceptors (Lipinski definition) is 6. The molecule has 0 radical (unpaired) electrons. The highest BCUT2D eigenvalue weighted by molar-refractivity contribution is 7.80. The lowest BCUT2D eigenvalue weighted by Gasteiger charge is -2.14. The summed E-state index contributed by atoms with van der Waals surface area (Å²) in [6.45, 7) is 0. The van der Waals surface area contributed by atoms with Gasteiger partial charge in [0.05, 0.1) is 4.92 Å². The molecule has 0 aliphatic carbocycles. The van der Waals surface area contributed by atoms with E-state index in [1.807, 2.05) is 0 Å². The number of alkyl halides is 3. The van der Waals surface area contributed by atoms with Crippen molar-refractivity contribution in [3.8, 4) is 0 Å². The highest BCUT2D eigenvalue weighted by Gasteiger charge is 2.52. The summed E-state index contributed by atoms with van der Waals surface area (Å²) in [5, 5.41) is 9.58. The van der Waals surface area contributed by atoms with Gasteiger partial charge < -0.3 is 4.55 Å². The molecular weight excluding hydrogens is 223 g/mol. The minimum Gasteiger partial charge on any atom is -0.725 e. The summed E-state index contributed by atoms with van der Waals surface area (Å²) >= 11 is 0. The molecule has 0 aromatic carbocycles. The Morgan fingerprint density at radius 2 is 1.77 bits per heavy atom. The van der Waals surface area contributed by atoms with Crippen LogP contribution in [0.3, 0.4) is 0 Å². The first-order chi connectivity index (χ1) is 5.54. The van der Waals surface area contributed by atoms with Crippen LogP contribution in [0.2, 0.25) is 0 Å². The average molecular weight is 224 g/mol. The zero-order valence-electron chi connectivity index (χ0n) is 5.52. The third-order valence-electron chi connectivity index (χ3n) is 0.680. The van der Waals surface area contributed by atoms with Crippen LogP contribution in [0.25, 0.3) is 0 Å². The molecule has 7 nitrogen and oxygen atoms in total. The average Bonchev–Trinajstić information content (AvgIpc) is 1.77. The number of hydrogen-bond donors (Lipinski definition) is 0. The Morgan fingerprint density at radius 3 is 1.85 bits per heavy atom. The first-order valence-electron chi connectivity index (χ1n) is 2.38. The summed E-state index contributed by atoms with van der Waals surface area (Å²) in [5.41, 5.74) is 0. The van der Waals surface area contributed by atoms with Crippen LogP contribution in [0.4, 0.5) is 13.2 Å². The van der Waals surface area contributed by atoms with Gasteiger partial charge in [0, 0.05) is 0 Å². The Labute approximate surface area is 69.2 Å². The van der Waals surface area contributed by atoms with Gasteiger partial charge in [-0.05, 0) is 0 Å². The molecule has 1 unspecified atom stereocenters. The van der Waals surface area contributed by atoms with Crippen molar-refractivity contribution in [1.29, 1.82) is 0 Å². The molecule has 0 aliphatic heterocycles. The van der Waals surface area contributed by atoms with Crippen LogP contribution in [0, 0.1) is 10.1 Å². The van der Waals surface area contributed by atoms with Gasteiger partial charge in [0.2, 0.25) is 10.4 Å². The van der Waals surface area contributed by atoms with Crippen LogP contribution < -0.4 is 0 Å². The molecule has 0 aliphatic rings. The van der Waals surface area contributed by atoms with Crippen LogP contribution in [0.15, 0.2) is 0 Å². The lowest BCUT2D eigenvalue weighted by molar-refractivity contribution is -0.604. The Kier molecular flexibility index (Phi) is 3.18. The Balaban J connectivity index is 4.77. The second-order valence-electron chi connectivity index (χ2n) is 1.68. The van der Waals surface area contributed by atoms with Gasteiger partial charge in [-0.2, -0.15) is 17.4 Å². The number of nitro groups is 1. The lowest BCUT2D eigenvalue weighted by Crippen LogP contribution is -2.40. The van der Waals surface area contributed by atoms with E-state index in [-0.39, 0.29) is 0 Å². The lowest BCUT2D eigenvalue weighted by atomic mass is 10.6. The van der Waals surface area contributed by atoms with E-state index in [4.69, 9.17) is 0 Å². The SMILES string of the molecule is O=[N+]([O-])C(OS(=O)(=O)[O-])C(F)(F)F. The van der Waals surface area contributed by atoms with Gasteiger partial charge in [0.1, 0.15) is 0 Å². The fraction of sp³-hybridized carbons (Fsp3) is 1.00. The summed E-state index contributed by atoms with van der Waals surface area (Å²) in [7, 11) is -5.76. The van der Waals surface area contributed by atoms with Crippen molar-refractivity contribution >= 4 is 10.4 Å². The smallest absolute Gasteiger partial charge is 0.487 e. The van der Waals surface area contributed by atoms with E-state index in [1.165, 1.54) is 0 Å². The first-order valence-corrected chi connectivity index (χ1v) is 3.71. The molecule has 0 amide bonds. The molecule has 13 heavy (non-hydrogen) atoms. The van der Waals surface area contributed by atoms with Gasteiger partial charge in [-0.3, -0.25) is 10.1 Å². The van der Waals surface area contributed by atoms with E-state index in [9.17, 15) is 36.3 Å². The zero-order chi connectivity index (χ0) is 10.9. The zero-order valence-corrected chi connectivity index (χ0v) is 6.33. The van der Waals surface area contributed by atoms with E-state index in [0.29, 0.717) is 0 Å². The van der Waals surface area contributed by atoms with Crippen molar-refractivity contribution < 1.29 is 35.2 Å². The van der Waals surface area contributed by atoms with Gasteiger partial charge in [-0.15, -0.1) is 0 Å². The van der Waals surface area contributed by atoms with E-state index in [1.54, 1.807) is 0 Å². The molecule has 0 rings (SSSR count). The minimum absolute atomic E-state index is 2.07. The van der Waals surface area contributed by atoms with Gasteiger partial charge in [0.25, 0.3) is 0 Å². The maximum Gasteiger partial charge on any atom is 0.487 e. The van der Waals surface area contributed by atoms with Crippen LogP contribution >= 0.6 is 0 Å². The molecule has 0 saturated heterocycles. The van der Waals surface area contributed by atoms with Gasteiger partial charge in [-0.25, -0.2) is 8.42 Å². The van der Waals surface area contributed by atoms with Gasteiger partial charge in [-0.1, -0.05) is 0 Å². The van der Waals surface area contributed by atoms with Crippen molar-refractivity contribution in [2.75, 3.05) is 0 Å². The summed E-state index contributed by atoms with van der Waals surface area (Å²) in [6.07, 6.45) is -9.41. The third-order valence-corrected chi connectivity index (χ3v) is 1.10. The highest BCUT2D eigenvalue weighted by atomic mass is 32.3. The quantitative estimate of drug-likeness (QED) is 0.212. The molecule has 78 valence electrons. The summed E-state index contributed by atoms with van der Waals surface area (Å²) in [6, 6.07) is 0. The van der Waals surface area contributed by atoms with E-state index in [2.05, 4.69) is 4.18 Å². The molecule has 0 aromatic heterocycles. The Bertz CT molecular complexity index is 293. The van der Waals surface area contributed by atoms with Crippen molar-refractivity contribution in [3.63, 3.8) is 0 Å². The van der Waals surface area contributed by atoms with Crippen molar-refractivity contribution in [2.24, 2.45) is 0 Å². The van der Waals surface area contributed by atoms with Gasteiger partial charge >= 0.3 is 12.4 Å². The number of nitrogens with zero attached hydrogens (tertiary/aromatic N) is 1. The molecular formula is C2HF3NO6S-. The topological polar surface area (TPSA) is 110 Å². The van der Waals surface area contributed by atoms with Gasteiger partial charge in [0.15, 0.2) is 0 Å². The largest absolute Gasteiger partial charge is 0.725 e. The van der Waals surface area contributed by atoms with Crippen LogP contribution in [-0.2, 0) is 14.6 Å². The fourth-order valence-electron chi connectivity index (χ4n) is 0.321. The molecule has 0 saturated carbocycles. The summed E-state index contributed by atoms with van der Waals surface area (Å²) in [4.78, 5) is 7.51. The molecule has 11 heteroatoms. The van der Waals surface area contributed by atoms with Crippen molar-refractivity contribution in [3.05, 3.63) is 10.1 Å². The standard InChI is InChI=1S/C2H2F3NO6S/c3-2(4,5)1(6(7)8)12-13(9,10)11/h1H,(H,9,10,11)/p-1. The van der Waals surface area contributed by atoms with Crippen molar-refractivity contribution in [2.45, 2.75) is 12.4 Å². The van der Waals surface area contributed by atoms with Crippen LogP contribution in [-0.4, -0.2) is 30.3 Å². The molecule has 0 heterocycles.